The van der Waals surface area contributed by atoms with E-state index >= 15 is 0 Å². The molecule has 0 heterocycles. The Morgan fingerprint density at radius 3 is 1.50 bits per heavy atom. The van der Waals surface area contributed by atoms with E-state index in [1.807, 2.05) is 0 Å². The highest BCUT2D eigenvalue weighted by Crippen LogP contribution is 2.63. The predicted octanol–water partition coefficient (Wildman–Crippen LogP) is 8.16. The third kappa shape index (κ3) is 6.51. The molecule has 0 aromatic carbocycles. The van der Waals surface area contributed by atoms with Gasteiger partial charge in [-0.15, -0.1) is 0 Å². The summed E-state index contributed by atoms with van der Waals surface area (Å²) in [7, 11) is -1.94. The normalized spacial score (nSPS) is 21.2. The van der Waals surface area contributed by atoms with E-state index in [-0.39, 0.29) is 0 Å². The summed E-state index contributed by atoms with van der Waals surface area (Å²) in [6.45, 7) is 2.29. The van der Waals surface area contributed by atoms with E-state index < -0.39 is 7.14 Å². The van der Waals surface area contributed by atoms with Crippen LogP contribution in [0.25, 0.3) is 0 Å². The van der Waals surface area contributed by atoms with Gasteiger partial charge >= 0.3 is 0 Å². The molecule has 2 saturated carbocycles. The van der Waals surface area contributed by atoms with Gasteiger partial charge in [0.25, 0.3) is 0 Å². The number of hydrogen-bond acceptors (Lipinski definition) is 1. The van der Waals surface area contributed by atoms with Crippen molar-refractivity contribution in [2.24, 2.45) is 0 Å². The zero-order chi connectivity index (χ0) is 17.1. The SMILES string of the molecule is CCCCCCCCCCP(=O)(C1CCCCC1)C1CCCCC1. The summed E-state index contributed by atoms with van der Waals surface area (Å²) < 4.78 is 14.1. The first-order valence-corrected chi connectivity index (χ1v) is 13.4. The fraction of sp³-hybridized carbons (Fsp3) is 1.00. The first-order valence-electron chi connectivity index (χ1n) is 11.4. The third-order valence-electron chi connectivity index (χ3n) is 6.75. The molecule has 0 aromatic rings. The molecule has 2 aliphatic carbocycles. The van der Waals surface area contributed by atoms with Gasteiger partial charge in [0, 0.05) is 17.5 Å². The van der Waals surface area contributed by atoms with Crippen LogP contribution >= 0.6 is 7.14 Å². The fourth-order valence-corrected chi connectivity index (χ4v) is 9.72. The van der Waals surface area contributed by atoms with Gasteiger partial charge in [0.1, 0.15) is 0 Å². The average molecular weight is 355 g/mol. The Hall–Kier alpha value is 0.230. The highest BCUT2D eigenvalue weighted by atomic mass is 31.2. The van der Waals surface area contributed by atoms with Gasteiger partial charge < -0.3 is 4.57 Å². The predicted molar refractivity (Wildman–Crippen MR) is 109 cm³/mol. The lowest BCUT2D eigenvalue weighted by Gasteiger charge is -2.38. The maximum absolute atomic E-state index is 14.1. The lowest BCUT2D eigenvalue weighted by Crippen LogP contribution is -2.25. The zero-order valence-corrected chi connectivity index (χ0v) is 17.3. The van der Waals surface area contributed by atoms with Crippen LogP contribution in [0.5, 0.6) is 0 Å². The molecule has 24 heavy (non-hydrogen) atoms. The third-order valence-corrected chi connectivity index (χ3v) is 11.3. The Morgan fingerprint density at radius 1 is 0.625 bits per heavy atom. The van der Waals surface area contributed by atoms with Crippen molar-refractivity contribution in [2.75, 3.05) is 6.16 Å². The Kier molecular flexibility index (Phi) is 10.1. The minimum atomic E-state index is -1.94. The molecule has 2 aliphatic rings. The monoisotopic (exact) mass is 354 g/mol. The van der Waals surface area contributed by atoms with Crippen LogP contribution in [-0.4, -0.2) is 17.5 Å². The molecule has 142 valence electrons. The maximum Gasteiger partial charge on any atom is 0.0935 e. The molecule has 2 rings (SSSR count). The van der Waals surface area contributed by atoms with Crippen LogP contribution in [0.15, 0.2) is 0 Å². The van der Waals surface area contributed by atoms with E-state index in [1.165, 1.54) is 116 Å². The number of rotatable bonds is 11. The zero-order valence-electron chi connectivity index (χ0n) is 16.4. The van der Waals surface area contributed by atoms with E-state index in [1.54, 1.807) is 0 Å². The standard InChI is InChI=1S/C22H43OP/c1-2-3-4-5-6-7-8-15-20-24(23,21-16-11-9-12-17-21)22-18-13-10-14-19-22/h21-22H,2-20H2,1H3. The molecule has 0 spiro atoms. The minimum Gasteiger partial charge on any atom is -0.323 e. The first-order chi connectivity index (χ1) is 11.8. The largest absolute Gasteiger partial charge is 0.323 e. The van der Waals surface area contributed by atoms with Crippen LogP contribution < -0.4 is 0 Å². The minimum absolute atomic E-state index is 0.610. The highest BCUT2D eigenvalue weighted by Gasteiger charge is 2.40. The van der Waals surface area contributed by atoms with Gasteiger partial charge in [-0.05, 0) is 32.1 Å². The van der Waals surface area contributed by atoms with Gasteiger partial charge in [0.15, 0.2) is 0 Å². The van der Waals surface area contributed by atoms with Crippen LogP contribution in [0.2, 0.25) is 0 Å². The van der Waals surface area contributed by atoms with Crippen molar-refractivity contribution in [1.82, 2.24) is 0 Å². The molecule has 0 bridgehead atoms. The molecule has 0 N–H and O–H groups in total. The van der Waals surface area contributed by atoms with Crippen molar-refractivity contribution in [1.29, 1.82) is 0 Å². The van der Waals surface area contributed by atoms with Gasteiger partial charge in [-0.25, -0.2) is 0 Å². The Morgan fingerprint density at radius 2 is 1.04 bits per heavy atom. The van der Waals surface area contributed by atoms with Crippen molar-refractivity contribution < 1.29 is 4.57 Å². The molecule has 0 atom stereocenters. The van der Waals surface area contributed by atoms with Gasteiger partial charge in [-0.1, -0.05) is 90.4 Å². The molecule has 0 amide bonds. The van der Waals surface area contributed by atoms with Crippen molar-refractivity contribution in [3.8, 4) is 0 Å². The van der Waals surface area contributed by atoms with Crippen molar-refractivity contribution in [2.45, 2.75) is 134 Å². The molecule has 1 nitrogen and oxygen atoms in total. The number of unbranched alkanes of at least 4 members (excludes halogenated alkanes) is 7. The quantitative estimate of drug-likeness (QED) is 0.270. The van der Waals surface area contributed by atoms with E-state index in [0.29, 0.717) is 11.3 Å². The fourth-order valence-electron chi connectivity index (χ4n) is 5.19. The first kappa shape index (κ1) is 20.5. The van der Waals surface area contributed by atoms with Gasteiger partial charge in [-0.3, -0.25) is 0 Å². The van der Waals surface area contributed by atoms with Crippen LogP contribution in [0, 0.1) is 0 Å². The second-order valence-electron chi connectivity index (χ2n) is 8.64. The van der Waals surface area contributed by atoms with E-state index in [9.17, 15) is 4.57 Å². The topological polar surface area (TPSA) is 17.1 Å². The Bertz CT molecular complexity index is 331. The summed E-state index contributed by atoms with van der Waals surface area (Å²) in [6.07, 6.45) is 25.3. The molecule has 2 fully saturated rings. The van der Waals surface area contributed by atoms with E-state index in [2.05, 4.69) is 6.92 Å². The van der Waals surface area contributed by atoms with Crippen molar-refractivity contribution in [3.63, 3.8) is 0 Å². The van der Waals surface area contributed by atoms with Crippen molar-refractivity contribution >= 4 is 7.14 Å². The lowest BCUT2D eigenvalue weighted by molar-refractivity contribution is 0.445. The average Bonchev–Trinajstić information content (AvgIpc) is 2.65. The summed E-state index contributed by atoms with van der Waals surface area (Å²) in [5.41, 5.74) is 1.22. The summed E-state index contributed by atoms with van der Waals surface area (Å²) in [4.78, 5) is 0. The van der Waals surface area contributed by atoms with Crippen LogP contribution in [0.1, 0.15) is 122 Å². The van der Waals surface area contributed by atoms with E-state index in [4.69, 9.17) is 0 Å². The summed E-state index contributed by atoms with van der Waals surface area (Å²) in [5.74, 6) is 0. The maximum atomic E-state index is 14.1. The lowest BCUT2D eigenvalue weighted by atomic mass is 9.99. The molecular formula is C22H43OP. The van der Waals surface area contributed by atoms with E-state index in [0.717, 1.165) is 6.16 Å². The van der Waals surface area contributed by atoms with Gasteiger partial charge in [0.05, 0.1) is 7.14 Å². The van der Waals surface area contributed by atoms with Crippen LogP contribution in [0.3, 0.4) is 0 Å². The molecule has 0 aromatic heterocycles. The Balaban J connectivity index is 1.76. The van der Waals surface area contributed by atoms with Gasteiger partial charge in [0.2, 0.25) is 0 Å². The van der Waals surface area contributed by atoms with Crippen LogP contribution in [-0.2, 0) is 4.57 Å². The molecule has 0 radical (unpaired) electrons. The molecule has 0 aliphatic heterocycles. The second kappa shape index (κ2) is 11.8. The molecule has 0 saturated heterocycles. The van der Waals surface area contributed by atoms with Gasteiger partial charge in [-0.2, -0.15) is 0 Å². The second-order valence-corrected chi connectivity index (χ2v) is 12.3. The molecular weight excluding hydrogens is 311 g/mol. The molecule has 2 heteroatoms. The Labute approximate surface area is 152 Å². The number of hydrogen-bond donors (Lipinski definition) is 0. The smallest absolute Gasteiger partial charge is 0.0935 e. The summed E-state index contributed by atoms with van der Waals surface area (Å²) >= 11 is 0. The molecule has 0 unspecified atom stereocenters. The summed E-state index contributed by atoms with van der Waals surface area (Å²) in [5, 5.41) is 0. The summed E-state index contributed by atoms with van der Waals surface area (Å²) in [6, 6.07) is 0. The van der Waals surface area contributed by atoms with Crippen molar-refractivity contribution in [3.05, 3.63) is 0 Å². The highest BCUT2D eigenvalue weighted by molar-refractivity contribution is 7.65. The van der Waals surface area contributed by atoms with Crippen LogP contribution in [0.4, 0.5) is 0 Å².